The highest BCUT2D eigenvalue weighted by Crippen LogP contribution is 2.39. The van der Waals surface area contributed by atoms with Crippen molar-refractivity contribution in [2.45, 2.75) is 22.8 Å². The van der Waals surface area contributed by atoms with Crippen molar-refractivity contribution < 1.29 is 0 Å². The minimum atomic E-state index is 0.812. The van der Waals surface area contributed by atoms with Crippen molar-refractivity contribution in [1.29, 1.82) is 0 Å². The van der Waals surface area contributed by atoms with E-state index in [0.717, 1.165) is 29.3 Å². The average Bonchev–Trinajstić information content (AvgIpc) is 2.83. The summed E-state index contributed by atoms with van der Waals surface area (Å²) in [5.41, 5.74) is 2.71. The molecule has 3 aromatic rings. The van der Waals surface area contributed by atoms with Crippen molar-refractivity contribution in [1.82, 2.24) is 9.47 Å². The molecule has 0 fully saturated rings. The van der Waals surface area contributed by atoms with Crippen LogP contribution in [-0.2, 0) is 13.5 Å². The van der Waals surface area contributed by atoms with Crippen LogP contribution in [0.1, 0.15) is 12.0 Å². The van der Waals surface area contributed by atoms with Gasteiger partial charge in [0.05, 0.1) is 10.0 Å². The van der Waals surface area contributed by atoms with Gasteiger partial charge in [-0.1, -0.05) is 53.7 Å². The molecule has 0 spiro atoms. The molecular formula is C20H23ClN2S. The number of halogens is 1. The predicted molar refractivity (Wildman–Crippen MR) is 105 cm³/mol. The van der Waals surface area contributed by atoms with Gasteiger partial charge in [0, 0.05) is 22.8 Å². The summed E-state index contributed by atoms with van der Waals surface area (Å²) in [5.74, 6) is 0. The Hall–Kier alpha value is -1.42. The zero-order valence-corrected chi connectivity index (χ0v) is 16.0. The zero-order valence-electron chi connectivity index (χ0n) is 14.4. The van der Waals surface area contributed by atoms with Gasteiger partial charge in [-0.05, 0) is 57.2 Å². The lowest BCUT2D eigenvalue weighted by molar-refractivity contribution is 0.400. The van der Waals surface area contributed by atoms with Crippen LogP contribution in [-0.4, -0.2) is 30.1 Å². The first-order valence-electron chi connectivity index (χ1n) is 8.21. The number of benzene rings is 2. The van der Waals surface area contributed by atoms with Crippen molar-refractivity contribution in [2.24, 2.45) is 7.05 Å². The zero-order chi connectivity index (χ0) is 17.1. The van der Waals surface area contributed by atoms with E-state index in [1.807, 2.05) is 18.2 Å². The summed E-state index contributed by atoms with van der Waals surface area (Å²) in [6, 6.07) is 16.7. The van der Waals surface area contributed by atoms with E-state index >= 15 is 0 Å². The molecule has 0 amide bonds. The van der Waals surface area contributed by atoms with Crippen molar-refractivity contribution in [3.05, 3.63) is 59.1 Å². The number of aromatic nitrogens is 1. The normalized spacial score (nSPS) is 11.5. The van der Waals surface area contributed by atoms with Crippen molar-refractivity contribution in [3.8, 4) is 0 Å². The molecule has 1 aromatic heterocycles. The maximum absolute atomic E-state index is 6.39. The van der Waals surface area contributed by atoms with Crippen LogP contribution in [0.2, 0.25) is 5.02 Å². The molecule has 0 aliphatic carbocycles. The maximum Gasteiger partial charge on any atom is 0.0837 e. The van der Waals surface area contributed by atoms with Gasteiger partial charge in [0.25, 0.3) is 0 Å². The first-order chi connectivity index (χ1) is 11.6. The number of aryl methyl sites for hydroxylation is 2. The predicted octanol–water partition coefficient (Wildman–Crippen LogP) is 5.48. The fraction of sp³-hybridized carbons (Fsp3) is 0.300. The van der Waals surface area contributed by atoms with E-state index in [9.17, 15) is 0 Å². The third kappa shape index (κ3) is 3.64. The number of hydrogen-bond acceptors (Lipinski definition) is 2. The number of fused-ring (bicyclic) bond motifs is 1. The van der Waals surface area contributed by atoms with Crippen molar-refractivity contribution in [2.75, 3.05) is 20.6 Å². The lowest BCUT2D eigenvalue weighted by Gasteiger charge is -2.11. The molecule has 126 valence electrons. The van der Waals surface area contributed by atoms with Crippen LogP contribution in [0.5, 0.6) is 0 Å². The quantitative estimate of drug-likeness (QED) is 0.576. The number of hydrogen-bond donors (Lipinski definition) is 0. The van der Waals surface area contributed by atoms with E-state index in [4.69, 9.17) is 11.6 Å². The molecule has 2 nitrogen and oxygen atoms in total. The Morgan fingerprint density at radius 3 is 2.50 bits per heavy atom. The second-order valence-electron chi connectivity index (χ2n) is 6.30. The molecule has 4 heteroatoms. The van der Waals surface area contributed by atoms with Crippen LogP contribution in [0.3, 0.4) is 0 Å². The van der Waals surface area contributed by atoms with Crippen LogP contribution in [0, 0.1) is 0 Å². The van der Waals surface area contributed by atoms with E-state index in [0.29, 0.717) is 0 Å². The molecule has 0 atom stereocenters. The van der Waals surface area contributed by atoms with E-state index < -0.39 is 0 Å². The van der Waals surface area contributed by atoms with Crippen LogP contribution < -0.4 is 0 Å². The molecule has 0 saturated heterocycles. The molecule has 3 rings (SSSR count). The molecular weight excluding hydrogens is 336 g/mol. The molecule has 1 heterocycles. The summed E-state index contributed by atoms with van der Waals surface area (Å²) in [6.45, 7) is 1.10. The molecule has 0 saturated carbocycles. The number of nitrogens with zero attached hydrogens (tertiary/aromatic N) is 2. The van der Waals surface area contributed by atoms with Crippen molar-refractivity contribution >= 4 is 34.3 Å². The molecule has 0 N–H and O–H groups in total. The Morgan fingerprint density at radius 1 is 1.04 bits per heavy atom. The summed E-state index contributed by atoms with van der Waals surface area (Å²) in [6.07, 6.45) is 2.23. The van der Waals surface area contributed by atoms with Gasteiger partial charge in [-0.15, -0.1) is 0 Å². The van der Waals surface area contributed by atoms with E-state index in [1.165, 1.54) is 21.5 Å². The van der Waals surface area contributed by atoms with Gasteiger partial charge in [0.15, 0.2) is 0 Å². The first-order valence-corrected chi connectivity index (χ1v) is 9.41. The van der Waals surface area contributed by atoms with Gasteiger partial charge in [-0.2, -0.15) is 0 Å². The smallest absolute Gasteiger partial charge is 0.0837 e. The fourth-order valence-corrected chi connectivity index (χ4v) is 4.37. The molecule has 0 unspecified atom stereocenters. The molecule has 24 heavy (non-hydrogen) atoms. The average molecular weight is 359 g/mol. The standard InChI is InChI=1S/C20H23ClN2S/c1-22(2)14-8-10-16-15-9-4-6-12-18(15)23(3)20(16)24-19-13-7-5-11-17(19)21/h4-7,9,11-13H,8,10,14H2,1-3H3. The largest absolute Gasteiger partial charge is 0.338 e. The monoisotopic (exact) mass is 358 g/mol. The minimum absolute atomic E-state index is 0.812. The van der Waals surface area contributed by atoms with Crippen LogP contribution in [0.25, 0.3) is 10.9 Å². The number of para-hydroxylation sites is 1. The summed E-state index contributed by atoms with van der Waals surface area (Å²) >= 11 is 8.16. The van der Waals surface area contributed by atoms with Gasteiger partial charge in [0.1, 0.15) is 0 Å². The van der Waals surface area contributed by atoms with E-state index in [1.54, 1.807) is 11.8 Å². The molecule has 0 aliphatic rings. The summed E-state index contributed by atoms with van der Waals surface area (Å²) < 4.78 is 2.30. The van der Waals surface area contributed by atoms with Gasteiger partial charge in [0.2, 0.25) is 0 Å². The molecule has 0 bridgehead atoms. The summed E-state index contributed by atoms with van der Waals surface area (Å²) in [5, 5.41) is 3.46. The third-order valence-electron chi connectivity index (χ3n) is 4.23. The summed E-state index contributed by atoms with van der Waals surface area (Å²) in [4.78, 5) is 3.35. The lowest BCUT2D eigenvalue weighted by Crippen LogP contribution is -2.13. The highest BCUT2D eigenvalue weighted by Gasteiger charge is 2.16. The van der Waals surface area contributed by atoms with Gasteiger partial charge in [-0.3, -0.25) is 0 Å². The molecule has 2 aromatic carbocycles. The van der Waals surface area contributed by atoms with Crippen LogP contribution >= 0.6 is 23.4 Å². The Bertz CT molecular complexity index is 839. The van der Waals surface area contributed by atoms with E-state index in [-0.39, 0.29) is 0 Å². The minimum Gasteiger partial charge on any atom is -0.338 e. The Balaban J connectivity index is 2.01. The van der Waals surface area contributed by atoms with E-state index in [2.05, 4.69) is 60.9 Å². The molecule has 0 aliphatic heterocycles. The lowest BCUT2D eigenvalue weighted by atomic mass is 10.1. The van der Waals surface area contributed by atoms with Gasteiger partial charge >= 0.3 is 0 Å². The fourth-order valence-electron chi connectivity index (χ4n) is 3.02. The highest BCUT2D eigenvalue weighted by molar-refractivity contribution is 7.99. The Morgan fingerprint density at radius 2 is 1.75 bits per heavy atom. The van der Waals surface area contributed by atoms with Gasteiger partial charge < -0.3 is 9.47 Å². The maximum atomic E-state index is 6.39. The molecule has 0 radical (unpaired) electrons. The Labute approximate surface area is 153 Å². The van der Waals surface area contributed by atoms with Crippen molar-refractivity contribution in [3.63, 3.8) is 0 Å². The SMILES string of the molecule is CN(C)CCCc1c(Sc2ccccc2Cl)n(C)c2ccccc12. The topological polar surface area (TPSA) is 8.17 Å². The summed E-state index contributed by atoms with van der Waals surface area (Å²) in [7, 11) is 6.40. The van der Waals surface area contributed by atoms with Crippen LogP contribution in [0.15, 0.2) is 58.5 Å². The van der Waals surface area contributed by atoms with Gasteiger partial charge in [-0.25, -0.2) is 0 Å². The Kier molecular flexibility index (Phi) is 5.54. The first kappa shape index (κ1) is 17.4. The van der Waals surface area contributed by atoms with Crippen LogP contribution in [0.4, 0.5) is 0 Å². The second-order valence-corrected chi connectivity index (χ2v) is 7.74. The number of rotatable bonds is 6. The third-order valence-corrected chi connectivity index (χ3v) is 5.96. The highest BCUT2D eigenvalue weighted by atomic mass is 35.5. The second kappa shape index (κ2) is 7.64.